The molecule has 0 N–H and O–H groups in total. The first-order chi connectivity index (χ1) is 16.7. The monoisotopic (exact) mass is 548 g/mol. The summed E-state index contributed by atoms with van der Waals surface area (Å²) < 4.78 is 92.6. The maximum absolute atomic E-state index is 13.1. The van der Waals surface area contributed by atoms with Gasteiger partial charge in [0.25, 0.3) is 0 Å². The van der Waals surface area contributed by atoms with Gasteiger partial charge in [-0.2, -0.15) is 26.3 Å². The highest BCUT2D eigenvalue weighted by molar-refractivity contribution is 5.79. The molecule has 12 heteroatoms. The number of esters is 3. The second kappa shape index (κ2) is 12.7. The van der Waals surface area contributed by atoms with Crippen molar-refractivity contribution in [2.45, 2.75) is 123 Å². The number of rotatable bonds is 11. The van der Waals surface area contributed by atoms with Crippen molar-refractivity contribution >= 4 is 17.9 Å². The maximum atomic E-state index is 13.1. The molecule has 1 aliphatic rings. The summed E-state index contributed by atoms with van der Waals surface area (Å²) >= 11 is 0. The molecule has 0 bridgehead atoms. The van der Waals surface area contributed by atoms with Crippen molar-refractivity contribution in [3.8, 4) is 0 Å². The highest BCUT2D eigenvalue weighted by Gasteiger charge is 2.51. The Hall–Kier alpha value is -2.01. The molecular weight excluding hydrogens is 510 g/mol. The van der Waals surface area contributed by atoms with Crippen LogP contribution in [0.1, 0.15) is 92.9 Å². The summed E-state index contributed by atoms with van der Waals surface area (Å²) in [6.45, 7) is 6.61. The van der Waals surface area contributed by atoms with Crippen LogP contribution in [0.4, 0.5) is 26.3 Å². The number of alkyl halides is 6. The van der Waals surface area contributed by atoms with E-state index in [1.807, 2.05) is 0 Å². The molecule has 0 aliphatic heterocycles. The lowest BCUT2D eigenvalue weighted by molar-refractivity contribution is -0.259. The van der Waals surface area contributed by atoms with Gasteiger partial charge in [0.2, 0.25) is 5.60 Å². The molecule has 0 saturated heterocycles. The third kappa shape index (κ3) is 10.00. The third-order valence-electron chi connectivity index (χ3n) is 6.74. The summed E-state index contributed by atoms with van der Waals surface area (Å²) in [4.78, 5) is 37.9. The Bertz CT molecular complexity index is 784. The number of carbonyl (C=O) groups excluding carboxylic acids is 3. The van der Waals surface area contributed by atoms with Gasteiger partial charge in [-0.1, -0.05) is 26.2 Å². The molecule has 37 heavy (non-hydrogen) atoms. The second-order valence-corrected chi connectivity index (χ2v) is 10.8. The van der Waals surface area contributed by atoms with Crippen LogP contribution in [0.25, 0.3) is 0 Å². The minimum Gasteiger partial charge on any atom is -0.461 e. The second-order valence-electron chi connectivity index (χ2n) is 10.8. The molecule has 1 fully saturated rings. The molecule has 3 atom stereocenters. The van der Waals surface area contributed by atoms with Gasteiger partial charge in [0, 0.05) is 0 Å². The van der Waals surface area contributed by atoms with Gasteiger partial charge in [-0.15, -0.1) is 0 Å². The van der Waals surface area contributed by atoms with E-state index in [9.17, 15) is 40.7 Å². The van der Waals surface area contributed by atoms with Crippen LogP contribution in [0.2, 0.25) is 0 Å². The van der Waals surface area contributed by atoms with Crippen molar-refractivity contribution in [2.75, 3.05) is 0 Å². The first-order valence-electron chi connectivity index (χ1n) is 12.5. The summed E-state index contributed by atoms with van der Waals surface area (Å²) in [6, 6.07) is 0. The molecule has 0 aromatic heterocycles. The van der Waals surface area contributed by atoms with Gasteiger partial charge >= 0.3 is 30.3 Å². The Morgan fingerprint density at radius 1 is 0.892 bits per heavy atom. The van der Waals surface area contributed by atoms with E-state index in [0.717, 1.165) is 33.1 Å². The molecule has 0 radical (unpaired) electrons. The van der Waals surface area contributed by atoms with Crippen LogP contribution < -0.4 is 0 Å². The van der Waals surface area contributed by atoms with Crippen molar-refractivity contribution in [3.05, 3.63) is 0 Å². The van der Waals surface area contributed by atoms with Gasteiger partial charge in [0.15, 0.2) is 6.10 Å². The van der Waals surface area contributed by atoms with E-state index in [1.165, 1.54) is 13.8 Å². The normalized spacial score (nSPS) is 18.5. The minimum absolute atomic E-state index is 0.0944. The molecule has 1 aliphatic carbocycles. The van der Waals surface area contributed by atoms with Crippen molar-refractivity contribution in [3.63, 3.8) is 0 Å². The topological polar surface area (TPSA) is 78.9 Å². The fourth-order valence-electron chi connectivity index (χ4n) is 4.07. The highest BCUT2D eigenvalue weighted by atomic mass is 19.4. The van der Waals surface area contributed by atoms with Crippen LogP contribution in [0, 0.1) is 17.3 Å². The van der Waals surface area contributed by atoms with Gasteiger partial charge in [0.1, 0.15) is 6.10 Å². The zero-order chi connectivity index (χ0) is 28.8. The molecule has 1 rings (SSSR count). The van der Waals surface area contributed by atoms with Crippen LogP contribution in [-0.2, 0) is 28.6 Å². The van der Waals surface area contributed by atoms with Crippen molar-refractivity contribution in [1.29, 1.82) is 0 Å². The Morgan fingerprint density at radius 3 is 1.89 bits per heavy atom. The third-order valence-corrected chi connectivity index (χ3v) is 6.74. The number of hydrogen-bond acceptors (Lipinski definition) is 6. The molecule has 1 saturated carbocycles. The average molecular weight is 549 g/mol. The van der Waals surface area contributed by atoms with E-state index >= 15 is 0 Å². The first kappa shape index (κ1) is 33.0. The molecular formula is C25H38F6O6. The van der Waals surface area contributed by atoms with Gasteiger partial charge in [-0.05, 0) is 66.2 Å². The summed E-state index contributed by atoms with van der Waals surface area (Å²) in [5.41, 5.74) is -4.08. The van der Waals surface area contributed by atoms with Crippen LogP contribution in [0.15, 0.2) is 0 Å². The predicted octanol–water partition coefficient (Wildman–Crippen LogP) is 6.69. The molecule has 0 aromatic carbocycles. The minimum atomic E-state index is -4.79. The summed E-state index contributed by atoms with van der Waals surface area (Å²) in [5.74, 6) is -4.40. The molecule has 0 aromatic rings. The number of ether oxygens (including phenoxy) is 3. The summed E-state index contributed by atoms with van der Waals surface area (Å²) in [5, 5.41) is 0. The molecule has 0 spiro atoms. The van der Waals surface area contributed by atoms with Crippen LogP contribution in [0.5, 0.6) is 0 Å². The Kier molecular flexibility index (Phi) is 11.3. The average Bonchev–Trinajstić information content (AvgIpc) is 2.75. The fraction of sp³-hybridized carbons (Fsp3) is 0.880. The van der Waals surface area contributed by atoms with Crippen molar-refractivity contribution < 1.29 is 54.9 Å². The van der Waals surface area contributed by atoms with Crippen LogP contribution in [-0.4, -0.2) is 48.1 Å². The standard InChI is InChI=1S/C25H38F6O6/c1-7-16(20(33)37-23(5,6)25(29,30)31)14-22(3,4)21(34)36-18(17-11-9-8-10-12-17)13-19(32)35-15(2)24(26,27)28/h15-18H,7-14H2,1-6H3. The fourth-order valence-corrected chi connectivity index (χ4v) is 4.07. The smallest absolute Gasteiger partial charge is 0.427 e. The largest absolute Gasteiger partial charge is 0.461 e. The molecule has 6 nitrogen and oxygen atoms in total. The highest BCUT2D eigenvalue weighted by Crippen LogP contribution is 2.37. The summed E-state index contributed by atoms with van der Waals surface area (Å²) in [7, 11) is 0. The molecule has 216 valence electrons. The quantitative estimate of drug-likeness (QED) is 0.163. The van der Waals surface area contributed by atoms with Crippen molar-refractivity contribution in [1.82, 2.24) is 0 Å². The zero-order valence-electron chi connectivity index (χ0n) is 22.2. The number of hydrogen-bond donors (Lipinski definition) is 0. The molecule has 3 unspecified atom stereocenters. The van der Waals surface area contributed by atoms with Gasteiger partial charge in [-0.3, -0.25) is 14.4 Å². The van der Waals surface area contributed by atoms with Gasteiger partial charge < -0.3 is 14.2 Å². The van der Waals surface area contributed by atoms with Gasteiger partial charge in [0.05, 0.1) is 17.8 Å². The predicted molar refractivity (Wildman–Crippen MR) is 121 cm³/mol. The lowest BCUT2D eigenvalue weighted by atomic mass is 9.80. The number of carbonyl (C=O) groups is 3. The van der Waals surface area contributed by atoms with E-state index in [-0.39, 0.29) is 18.8 Å². The van der Waals surface area contributed by atoms with Gasteiger partial charge in [-0.25, -0.2) is 0 Å². The summed E-state index contributed by atoms with van der Waals surface area (Å²) in [6.07, 6.45) is -9.79. The van der Waals surface area contributed by atoms with E-state index in [2.05, 4.69) is 4.74 Å². The SMILES string of the molecule is CCC(CC(C)(C)C(=O)OC(CC(=O)OC(C)C(F)(F)F)C1CCCCC1)C(=O)OC(C)(C)C(F)(F)F. The maximum Gasteiger partial charge on any atom is 0.427 e. The van der Waals surface area contributed by atoms with Crippen LogP contribution in [0.3, 0.4) is 0 Å². The molecule has 0 amide bonds. The zero-order valence-corrected chi connectivity index (χ0v) is 22.2. The van der Waals surface area contributed by atoms with E-state index in [1.54, 1.807) is 6.92 Å². The Labute approximate surface area is 213 Å². The Balaban J connectivity index is 2.97. The van der Waals surface area contributed by atoms with E-state index in [0.29, 0.717) is 19.8 Å². The Morgan fingerprint density at radius 2 is 1.43 bits per heavy atom. The lowest BCUT2D eigenvalue weighted by Gasteiger charge is -2.34. The molecule has 0 heterocycles. The van der Waals surface area contributed by atoms with Crippen LogP contribution >= 0.6 is 0 Å². The van der Waals surface area contributed by atoms with E-state index < -0.39 is 65.8 Å². The first-order valence-corrected chi connectivity index (χ1v) is 12.5. The number of halogens is 6. The lowest BCUT2D eigenvalue weighted by Crippen LogP contribution is -2.45. The van der Waals surface area contributed by atoms with Crippen molar-refractivity contribution in [2.24, 2.45) is 17.3 Å². The van der Waals surface area contributed by atoms with E-state index in [4.69, 9.17) is 9.47 Å².